The fraction of sp³-hybridized carbons (Fsp3) is 0.556. The van der Waals surface area contributed by atoms with E-state index in [-0.39, 0.29) is 18.2 Å². The van der Waals surface area contributed by atoms with Crippen LogP contribution in [0.15, 0.2) is 6.33 Å². The summed E-state index contributed by atoms with van der Waals surface area (Å²) < 4.78 is 7.25. The molecule has 0 saturated carbocycles. The summed E-state index contributed by atoms with van der Waals surface area (Å²) in [6.45, 7) is 2.10. The molecule has 0 radical (unpaired) electrons. The van der Waals surface area contributed by atoms with E-state index < -0.39 is 30.6 Å². The van der Waals surface area contributed by atoms with E-state index in [1.165, 1.54) is 17.9 Å². The van der Waals surface area contributed by atoms with Crippen molar-refractivity contribution in [2.45, 2.75) is 50.7 Å². The summed E-state index contributed by atoms with van der Waals surface area (Å²) in [6, 6.07) is -0.418. The number of nitrogens with zero attached hydrogens (tertiary/aromatic N) is 4. The number of amides is 2. The van der Waals surface area contributed by atoms with Crippen LogP contribution in [0.3, 0.4) is 0 Å². The molecule has 3 heterocycles. The van der Waals surface area contributed by atoms with E-state index in [0.29, 0.717) is 11.2 Å². The lowest BCUT2D eigenvalue weighted by Gasteiger charge is -2.16. The van der Waals surface area contributed by atoms with E-state index in [0.717, 1.165) is 19.3 Å². The number of aliphatic hydroxyl groups is 2. The van der Waals surface area contributed by atoms with Crippen molar-refractivity contribution in [1.29, 1.82) is 0 Å². The van der Waals surface area contributed by atoms with Crippen molar-refractivity contribution < 1.29 is 19.7 Å². The normalized spacial score (nSPS) is 23.6. The molecule has 1 aliphatic rings. The van der Waals surface area contributed by atoms with Gasteiger partial charge < -0.3 is 31.3 Å². The summed E-state index contributed by atoms with van der Waals surface area (Å²) in [4.78, 5) is 24.1. The van der Waals surface area contributed by atoms with Gasteiger partial charge in [0.2, 0.25) is 5.82 Å². The number of nitrogens with one attached hydrogen (secondary N) is 2. The van der Waals surface area contributed by atoms with Gasteiger partial charge in [-0.05, 0) is 12.3 Å². The first-order valence-electron chi connectivity index (χ1n) is 9.42. The van der Waals surface area contributed by atoms with Gasteiger partial charge in [-0.3, -0.25) is 4.57 Å². The Morgan fingerprint density at radius 1 is 1.38 bits per heavy atom. The minimum absolute atomic E-state index is 0.0201. The van der Waals surface area contributed by atoms with Gasteiger partial charge in [0.15, 0.2) is 17.7 Å². The number of rotatable bonds is 5. The van der Waals surface area contributed by atoms with E-state index in [9.17, 15) is 15.0 Å². The molecule has 1 fully saturated rings. The Labute approximate surface area is 167 Å². The summed E-state index contributed by atoms with van der Waals surface area (Å²) in [7, 11) is 1.48. The van der Waals surface area contributed by atoms with E-state index in [4.69, 9.17) is 10.5 Å². The molecule has 4 atom stereocenters. The SMILES string of the molecule is CCCCC#Cc1nc(N)c2ncn(C3O[C@H](CNC(=O)NC)[C@@H](O)[C@H]3O)c2n1. The van der Waals surface area contributed by atoms with E-state index in [1.54, 1.807) is 0 Å². The third-order valence-corrected chi connectivity index (χ3v) is 4.61. The Morgan fingerprint density at radius 2 is 2.17 bits per heavy atom. The van der Waals surface area contributed by atoms with E-state index >= 15 is 0 Å². The Hall–Kier alpha value is -2.94. The highest BCUT2D eigenvalue weighted by Crippen LogP contribution is 2.31. The summed E-state index contributed by atoms with van der Waals surface area (Å²) in [5, 5.41) is 25.7. The number of hydrogen-bond acceptors (Lipinski definition) is 8. The first-order chi connectivity index (χ1) is 14.0. The number of nitrogens with two attached hydrogens (primary N) is 1. The predicted octanol–water partition coefficient (Wildman–Crippen LogP) is -0.502. The summed E-state index contributed by atoms with van der Waals surface area (Å²) in [6.07, 6.45) is -0.0557. The van der Waals surface area contributed by atoms with Crippen LogP contribution in [0.25, 0.3) is 11.2 Å². The van der Waals surface area contributed by atoms with Crippen molar-refractivity contribution >= 4 is 23.0 Å². The minimum atomic E-state index is -1.25. The second-order valence-corrected chi connectivity index (χ2v) is 6.67. The molecule has 0 aromatic carbocycles. The van der Waals surface area contributed by atoms with Crippen molar-refractivity contribution in [1.82, 2.24) is 30.2 Å². The Kier molecular flexibility index (Phi) is 6.48. The van der Waals surface area contributed by atoms with Gasteiger partial charge in [0, 0.05) is 20.0 Å². The van der Waals surface area contributed by atoms with Gasteiger partial charge in [0.25, 0.3) is 0 Å². The van der Waals surface area contributed by atoms with Gasteiger partial charge >= 0.3 is 6.03 Å². The van der Waals surface area contributed by atoms with Gasteiger partial charge in [0.1, 0.15) is 23.8 Å². The number of anilines is 1. The molecule has 0 aliphatic carbocycles. The van der Waals surface area contributed by atoms with Crippen molar-refractivity contribution in [3.05, 3.63) is 12.2 Å². The molecule has 11 heteroatoms. The number of carbonyl (C=O) groups excluding carboxylic acids is 1. The van der Waals surface area contributed by atoms with Gasteiger partial charge in [-0.1, -0.05) is 19.3 Å². The van der Waals surface area contributed by atoms with E-state index in [2.05, 4.69) is 44.4 Å². The summed E-state index contributed by atoms with van der Waals surface area (Å²) in [5.74, 6) is 6.31. The molecule has 0 bridgehead atoms. The molecule has 2 amide bonds. The molecule has 11 nitrogen and oxygen atoms in total. The second-order valence-electron chi connectivity index (χ2n) is 6.67. The van der Waals surface area contributed by atoms with Crippen LogP contribution in [0, 0.1) is 11.8 Å². The standard InChI is InChI=1S/C18H25N7O4/c1-3-4-5-6-7-11-23-15(19)12-16(24-11)25(9-22-12)17-14(27)13(26)10(29-17)8-21-18(28)20-2/h9-10,13-14,17,26-27H,3-5,8H2,1-2H3,(H2,19,23,24)(H2,20,21,28)/t10-,13-,14-,17?/m1/s1. The number of hydrogen-bond donors (Lipinski definition) is 5. The zero-order valence-corrected chi connectivity index (χ0v) is 16.3. The lowest BCUT2D eigenvalue weighted by Crippen LogP contribution is -2.42. The maximum Gasteiger partial charge on any atom is 0.314 e. The number of aromatic nitrogens is 4. The highest BCUT2D eigenvalue weighted by molar-refractivity contribution is 5.82. The number of imidazole rings is 1. The average Bonchev–Trinajstić information content (AvgIpc) is 3.25. The van der Waals surface area contributed by atoms with Gasteiger partial charge in [0.05, 0.1) is 6.33 Å². The minimum Gasteiger partial charge on any atom is -0.387 e. The number of ether oxygens (including phenoxy) is 1. The van der Waals surface area contributed by atoms with Crippen molar-refractivity contribution in [3.8, 4) is 11.8 Å². The largest absolute Gasteiger partial charge is 0.387 e. The van der Waals surface area contributed by atoms with Crippen molar-refractivity contribution in [2.24, 2.45) is 0 Å². The molecule has 29 heavy (non-hydrogen) atoms. The molecule has 6 N–H and O–H groups in total. The van der Waals surface area contributed by atoms with Crippen LogP contribution in [0.4, 0.5) is 10.6 Å². The third-order valence-electron chi connectivity index (χ3n) is 4.61. The van der Waals surface area contributed by atoms with Gasteiger partial charge in [-0.25, -0.2) is 19.7 Å². The molecule has 1 aliphatic heterocycles. The number of carbonyl (C=O) groups is 1. The fourth-order valence-corrected chi connectivity index (χ4v) is 3.00. The molecular weight excluding hydrogens is 378 g/mol. The maximum absolute atomic E-state index is 11.4. The third kappa shape index (κ3) is 4.40. The van der Waals surface area contributed by atoms with Crippen LogP contribution in [0.5, 0.6) is 0 Å². The molecule has 156 valence electrons. The number of nitrogen functional groups attached to an aromatic ring is 1. The molecule has 1 unspecified atom stereocenters. The summed E-state index contributed by atoms with van der Waals surface area (Å²) in [5.41, 5.74) is 6.67. The average molecular weight is 403 g/mol. The van der Waals surface area contributed by atoms with Crippen LogP contribution in [-0.4, -0.2) is 67.7 Å². The Balaban J connectivity index is 1.85. The second kappa shape index (κ2) is 9.04. The highest BCUT2D eigenvalue weighted by Gasteiger charge is 2.44. The lowest BCUT2D eigenvalue weighted by atomic mass is 10.1. The molecule has 1 saturated heterocycles. The van der Waals surface area contributed by atoms with Crippen LogP contribution in [0.2, 0.25) is 0 Å². The Morgan fingerprint density at radius 3 is 2.90 bits per heavy atom. The smallest absolute Gasteiger partial charge is 0.314 e. The lowest BCUT2D eigenvalue weighted by molar-refractivity contribution is -0.0335. The first-order valence-corrected chi connectivity index (χ1v) is 9.42. The van der Waals surface area contributed by atoms with Crippen molar-refractivity contribution in [2.75, 3.05) is 19.3 Å². The number of unbranched alkanes of at least 4 members (excludes halogenated alkanes) is 2. The van der Waals surface area contributed by atoms with E-state index in [1.807, 2.05) is 0 Å². The van der Waals surface area contributed by atoms with Crippen LogP contribution < -0.4 is 16.4 Å². The molecule has 2 aromatic rings. The molecule has 2 aromatic heterocycles. The molecule has 0 spiro atoms. The zero-order chi connectivity index (χ0) is 21.0. The first kappa shape index (κ1) is 20.8. The van der Waals surface area contributed by atoms with Gasteiger partial charge in [-0.15, -0.1) is 0 Å². The van der Waals surface area contributed by atoms with Crippen LogP contribution in [-0.2, 0) is 4.74 Å². The number of urea groups is 1. The number of aliphatic hydroxyl groups excluding tert-OH is 2. The molecular formula is C18H25N7O4. The monoisotopic (exact) mass is 403 g/mol. The quantitative estimate of drug-likeness (QED) is 0.330. The predicted molar refractivity (Wildman–Crippen MR) is 105 cm³/mol. The van der Waals surface area contributed by atoms with Crippen molar-refractivity contribution in [3.63, 3.8) is 0 Å². The zero-order valence-electron chi connectivity index (χ0n) is 16.3. The van der Waals surface area contributed by atoms with Gasteiger partial charge in [-0.2, -0.15) is 0 Å². The van der Waals surface area contributed by atoms with Crippen LogP contribution >= 0.6 is 0 Å². The number of fused-ring (bicyclic) bond motifs is 1. The van der Waals surface area contributed by atoms with Crippen LogP contribution in [0.1, 0.15) is 38.2 Å². The Bertz CT molecular complexity index is 935. The summed E-state index contributed by atoms with van der Waals surface area (Å²) >= 11 is 0. The maximum atomic E-state index is 11.4. The fourth-order valence-electron chi connectivity index (χ4n) is 3.00. The highest BCUT2D eigenvalue weighted by atomic mass is 16.6. The molecule has 3 rings (SSSR count). The topological polar surface area (TPSA) is 160 Å².